The Labute approximate surface area is 120 Å². The largest absolute Gasteiger partial charge is 0.385 e. The summed E-state index contributed by atoms with van der Waals surface area (Å²) in [5.74, 6) is 0. The Kier molecular flexibility index (Phi) is 5.61. The monoisotopic (exact) mass is 278 g/mol. The van der Waals surface area contributed by atoms with Gasteiger partial charge in [0, 0.05) is 20.3 Å². The Morgan fingerprint density at radius 2 is 2.26 bits per heavy atom. The fraction of sp³-hybridized carbons (Fsp3) is 0.533. The van der Waals surface area contributed by atoms with E-state index in [2.05, 4.69) is 34.9 Å². The Morgan fingerprint density at radius 1 is 1.42 bits per heavy atom. The first-order valence-electron chi connectivity index (χ1n) is 6.92. The highest BCUT2D eigenvalue weighted by molar-refractivity contribution is 7.80. The maximum absolute atomic E-state index is 5.35. The molecule has 1 aromatic carbocycles. The van der Waals surface area contributed by atoms with Gasteiger partial charge in [-0.2, -0.15) is 0 Å². The van der Waals surface area contributed by atoms with Gasteiger partial charge in [-0.25, -0.2) is 0 Å². The maximum atomic E-state index is 5.35. The molecule has 1 aliphatic rings. The molecular weight excluding hydrogens is 256 g/mol. The summed E-state index contributed by atoms with van der Waals surface area (Å²) >= 11 is 5.35. The van der Waals surface area contributed by atoms with E-state index in [-0.39, 0.29) is 0 Å². The second kappa shape index (κ2) is 7.46. The zero-order chi connectivity index (χ0) is 13.5. The molecule has 1 aromatic rings. The Balaban J connectivity index is 1.85. The number of ether oxygens (including phenoxy) is 1. The molecule has 0 radical (unpaired) electrons. The number of fused-ring (bicyclic) bond motifs is 1. The van der Waals surface area contributed by atoms with E-state index in [1.165, 1.54) is 24.0 Å². The predicted octanol–water partition coefficient (Wildman–Crippen LogP) is 2.56. The van der Waals surface area contributed by atoms with Gasteiger partial charge < -0.3 is 15.4 Å². The molecule has 4 heteroatoms. The number of thiocarbonyl (C=S) groups is 1. The molecule has 0 bridgehead atoms. The lowest BCUT2D eigenvalue weighted by molar-refractivity contribution is 0.195. The van der Waals surface area contributed by atoms with E-state index in [0.717, 1.165) is 31.1 Å². The van der Waals surface area contributed by atoms with Gasteiger partial charge >= 0.3 is 0 Å². The van der Waals surface area contributed by atoms with E-state index in [4.69, 9.17) is 17.0 Å². The normalized spacial score (nSPS) is 17.6. The number of hydrogen-bond donors (Lipinski definition) is 2. The Bertz CT molecular complexity index is 422. The molecule has 3 nitrogen and oxygen atoms in total. The van der Waals surface area contributed by atoms with E-state index in [1.54, 1.807) is 7.11 Å². The van der Waals surface area contributed by atoms with E-state index < -0.39 is 0 Å². The maximum Gasteiger partial charge on any atom is 0.166 e. The number of benzene rings is 1. The zero-order valence-corrected chi connectivity index (χ0v) is 12.3. The Hall–Kier alpha value is -1.13. The molecule has 1 aliphatic carbocycles. The lowest BCUT2D eigenvalue weighted by atomic mass is 9.88. The fourth-order valence-electron chi connectivity index (χ4n) is 2.53. The quantitative estimate of drug-likeness (QED) is 0.641. The van der Waals surface area contributed by atoms with Crippen molar-refractivity contribution >= 4 is 17.3 Å². The third-order valence-electron chi connectivity index (χ3n) is 3.49. The standard InChI is InChI=1S/C15H22N2OS/c1-18-11-5-10-16-15(19)17-14-9-4-7-12-6-2-3-8-13(12)14/h2-3,6,8,14H,4-5,7,9-11H2,1H3,(H2,16,17,19)/t14-/m0/s1. The summed E-state index contributed by atoms with van der Waals surface area (Å²) in [6, 6.07) is 9.00. The molecule has 19 heavy (non-hydrogen) atoms. The summed E-state index contributed by atoms with van der Waals surface area (Å²) in [6.45, 7) is 1.62. The van der Waals surface area contributed by atoms with Crippen molar-refractivity contribution in [2.75, 3.05) is 20.3 Å². The molecule has 0 amide bonds. The number of hydrogen-bond acceptors (Lipinski definition) is 2. The average molecular weight is 278 g/mol. The zero-order valence-electron chi connectivity index (χ0n) is 11.4. The minimum Gasteiger partial charge on any atom is -0.385 e. The van der Waals surface area contributed by atoms with Crippen LogP contribution in [0.1, 0.15) is 36.4 Å². The predicted molar refractivity (Wildman–Crippen MR) is 82.4 cm³/mol. The van der Waals surface area contributed by atoms with Gasteiger partial charge in [-0.15, -0.1) is 0 Å². The van der Waals surface area contributed by atoms with Crippen molar-refractivity contribution in [3.8, 4) is 0 Å². The molecule has 0 spiro atoms. The van der Waals surface area contributed by atoms with Gasteiger partial charge in [0.05, 0.1) is 6.04 Å². The smallest absolute Gasteiger partial charge is 0.166 e. The number of nitrogens with one attached hydrogen (secondary N) is 2. The molecule has 0 aliphatic heterocycles. The van der Waals surface area contributed by atoms with Crippen LogP contribution in [-0.4, -0.2) is 25.4 Å². The lowest BCUT2D eigenvalue weighted by Crippen LogP contribution is -2.39. The lowest BCUT2D eigenvalue weighted by Gasteiger charge is -2.27. The van der Waals surface area contributed by atoms with E-state index >= 15 is 0 Å². The number of aryl methyl sites for hydroxylation is 1. The molecule has 0 saturated carbocycles. The second-order valence-electron chi connectivity index (χ2n) is 4.89. The van der Waals surface area contributed by atoms with Gasteiger partial charge in [0.2, 0.25) is 0 Å². The van der Waals surface area contributed by atoms with Crippen LogP contribution in [0.25, 0.3) is 0 Å². The molecule has 2 rings (SSSR count). The first kappa shape index (κ1) is 14.3. The highest BCUT2D eigenvalue weighted by Gasteiger charge is 2.19. The van der Waals surface area contributed by atoms with Crippen molar-refractivity contribution in [3.05, 3.63) is 35.4 Å². The minimum absolute atomic E-state index is 0.354. The molecule has 0 fully saturated rings. The van der Waals surface area contributed by atoms with Crippen LogP contribution in [0.4, 0.5) is 0 Å². The minimum atomic E-state index is 0.354. The highest BCUT2D eigenvalue weighted by atomic mass is 32.1. The summed E-state index contributed by atoms with van der Waals surface area (Å²) in [4.78, 5) is 0. The van der Waals surface area contributed by atoms with Crippen LogP contribution in [-0.2, 0) is 11.2 Å². The third kappa shape index (κ3) is 4.18. The second-order valence-corrected chi connectivity index (χ2v) is 5.30. The first-order valence-corrected chi connectivity index (χ1v) is 7.33. The van der Waals surface area contributed by atoms with E-state index in [9.17, 15) is 0 Å². The van der Waals surface area contributed by atoms with Gasteiger partial charge in [-0.05, 0) is 49.0 Å². The van der Waals surface area contributed by atoms with Crippen LogP contribution in [0.5, 0.6) is 0 Å². The van der Waals surface area contributed by atoms with Gasteiger partial charge in [0.25, 0.3) is 0 Å². The molecule has 0 unspecified atom stereocenters. The molecule has 1 atom stereocenters. The summed E-state index contributed by atoms with van der Waals surface area (Å²) in [5.41, 5.74) is 2.85. The molecule has 0 aromatic heterocycles. The van der Waals surface area contributed by atoms with Crippen LogP contribution in [0.15, 0.2) is 24.3 Å². The van der Waals surface area contributed by atoms with Crippen molar-refractivity contribution in [2.24, 2.45) is 0 Å². The summed E-state index contributed by atoms with van der Waals surface area (Å²) in [5, 5.41) is 7.42. The molecule has 0 saturated heterocycles. The van der Waals surface area contributed by atoms with Gasteiger partial charge in [-0.1, -0.05) is 24.3 Å². The topological polar surface area (TPSA) is 33.3 Å². The SMILES string of the molecule is COCCCNC(=S)N[C@H]1CCCc2ccccc21. The van der Waals surface area contributed by atoms with Crippen molar-refractivity contribution in [1.29, 1.82) is 0 Å². The summed E-state index contributed by atoms with van der Waals surface area (Å²) in [6.07, 6.45) is 4.53. The van der Waals surface area contributed by atoms with Crippen LogP contribution >= 0.6 is 12.2 Å². The van der Waals surface area contributed by atoms with Crippen LogP contribution in [0.3, 0.4) is 0 Å². The van der Waals surface area contributed by atoms with Crippen molar-refractivity contribution in [3.63, 3.8) is 0 Å². The first-order chi connectivity index (χ1) is 9.31. The van der Waals surface area contributed by atoms with Crippen molar-refractivity contribution in [2.45, 2.75) is 31.7 Å². The number of methoxy groups -OCH3 is 1. The van der Waals surface area contributed by atoms with Crippen molar-refractivity contribution in [1.82, 2.24) is 10.6 Å². The Morgan fingerprint density at radius 3 is 3.11 bits per heavy atom. The van der Waals surface area contributed by atoms with Gasteiger partial charge in [-0.3, -0.25) is 0 Å². The van der Waals surface area contributed by atoms with Gasteiger partial charge in [0.15, 0.2) is 5.11 Å². The fourth-order valence-corrected chi connectivity index (χ4v) is 2.78. The van der Waals surface area contributed by atoms with E-state index in [1.807, 2.05) is 0 Å². The van der Waals surface area contributed by atoms with Crippen LogP contribution in [0.2, 0.25) is 0 Å². The molecule has 104 valence electrons. The molecule has 0 heterocycles. The van der Waals surface area contributed by atoms with Crippen LogP contribution < -0.4 is 10.6 Å². The number of rotatable bonds is 5. The average Bonchev–Trinajstić information content (AvgIpc) is 2.44. The third-order valence-corrected chi connectivity index (χ3v) is 3.75. The van der Waals surface area contributed by atoms with Crippen LogP contribution in [0, 0.1) is 0 Å². The molecular formula is C15H22N2OS. The van der Waals surface area contributed by atoms with Crippen molar-refractivity contribution < 1.29 is 4.74 Å². The summed E-state index contributed by atoms with van der Waals surface area (Å²) < 4.78 is 5.02. The van der Waals surface area contributed by atoms with Gasteiger partial charge in [0.1, 0.15) is 0 Å². The highest BCUT2D eigenvalue weighted by Crippen LogP contribution is 2.29. The molecule has 2 N–H and O–H groups in total. The van der Waals surface area contributed by atoms with E-state index in [0.29, 0.717) is 6.04 Å². The summed E-state index contributed by atoms with van der Waals surface area (Å²) in [7, 11) is 1.72.